The molecule has 1 aromatic carbocycles. The SMILES string of the molecule is Cc1ccc([N+](=O)[O-])c(N2CCC(CC(=O)O)C2)c1. The molecule has 6 nitrogen and oxygen atoms in total. The fourth-order valence-electron chi connectivity index (χ4n) is 2.51. The van der Waals surface area contributed by atoms with Gasteiger partial charge in [0.15, 0.2) is 0 Å². The zero-order valence-electron chi connectivity index (χ0n) is 10.7. The summed E-state index contributed by atoms with van der Waals surface area (Å²) in [5.74, 6) is -0.747. The Balaban J connectivity index is 2.21. The first-order chi connectivity index (χ1) is 8.97. The van der Waals surface area contributed by atoms with Crippen molar-refractivity contribution in [2.24, 2.45) is 5.92 Å². The number of nitro benzene ring substituents is 1. The summed E-state index contributed by atoms with van der Waals surface area (Å²) in [4.78, 5) is 23.3. The van der Waals surface area contributed by atoms with E-state index in [0.29, 0.717) is 18.8 Å². The van der Waals surface area contributed by atoms with Gasteiger partial charge in [-0.05, 0) is 30.9 Å². The number of nitrogens with zero attached hydrogens (tertiary/aromatic N) is 2. The van der Waals surface area contributed by atoms with E-state index in [1.165, 1.54) is 6.07 Å². The first kappa shape index (κ1) is 13.3. The number of aryl methyl sites for hydroxylation is 1. The van der Waals surface area contributed by atoms with Crippen molar-refractivity contribution in [3.8, 4) is 0 Å². The Bertz CT molecular complexity index is 515. The van der Waals surface area contributed by atoms with Crippen LogP contribution in [0.5, 0.6) is 0 Å². The van der Waals surface area contributed by atoms with E-state index in [0.717, 1.165) is 12.0 Å². The van der Waals surface area contributed by atoms with Gasteiger partial charge in [-0.25, -0.2) is 0 Å². The minimum atomic E-state index is -0.814. The number of nitro groups is 1. The van der Waals surface area contributed by atoms with Crippen LogP contribution in [0, 0.1) is 23.0 Å². The molecule has 0 radical (unpaired) electrons. The molecule has 1 aromatic rings. The lowest BCUT2D eigenvalue weighted by Gasteiger charge is -2.18. The minimum Gasteiger partial charge on any atom is -0.481 e. The van der Waals surface area contributed by atoms with Crippen LogP contribution in [0.25, 0.3) is 0 Å². The topological polar surface area (TPSA) is 83.7 Å². The van der Waals surface area contributed by atoms with E-state index in [2.05, 4.69) is 0 Å². The predicted molar refractivity (Wildman–Crippen MR) is 70.4 cm³/mol. The van der Waals surface area contributed by atoms with Crippen LogP contribution in [0.2, 0.25) is 0 Å². The number of rotatable bonds is 4. The van der Waals surface area contributed by atoms with Crippen LogP contribution >= 0.6 is 0 Å². The molecule has 0 amide bonds. The van der Waals surface area contributed by atoms with E-state index >= 15 is 0 Å². The molecule has 0 saturated carbocycles. The van der Waals surface area contributed by atoms with E-state index in [-0.39, 0.29) is 22.9 Å². The van der Waals surface area contributed by atoms with Crippen molar-refractivity contribution >= 4 is 17.3 Å². The van der Waals surface area contributed by atoms with E-state index in [1.54, 1.807) is 12.1 Å². The van der Waals surface area contributed by atoms with Crippen molar-refractivity contribution in [1.82, 2.24) is 0 Å². The third kappa shape index (κ3) is 3.01. The summed E-state index contributed by atoms with van der Waals surface area (Å²) < 4.78 is 0. The van der Waals surface area contributed by atoms with Gasteiger partial charge < -0.3 is 10.0 Å². The maximum Gasteiger partial charge on any atom is 0.303 e. The van der Waals surface area contributed by atoms with Gasteiger partial charge in [0.2, 0.25) is 0 Å². The largest absolute Gasteiger partial charge is 0.481 e. The van der Waals surface area contributed by atoms with Gasteiger partial charge in [-0.3, -0.25) is 14.9 Å². The van der Waals surface area contributed by atoms with E-state index in [4.69, 9.17) is 5.11 Å². The molecule has 1 N–H and O–H groups in total. The maximum absolute atomic E-state index is 11.0. The summed E-state index contributed by atoms with van der Waals surface area (Å²) in [6.45, 7) is 3.12. The third-order valence-corrected chi connectivity index (χ3v) is 3.42. The summed E-state index contributed by atoms with van der Waals surface area (Å²) in [6.07, 6.45) is 0.882. The number of hydrogen-bond acceptors (Lipinski definition) is 4. The third-order valence-electron chi connectivity index (χ3n) is 3.42. The van der Waals surface area contributed by atoms with Crippen LogP contribution in [0.15, 0.2) is 18.2 Å². The number of carbonyl (C=O) groups is 1. The Hall–Kier alpha value is -2.11. The molecule has 19 heavy (non-hydrogen) atoms. The molecule has 102 valence electrons. The predicted octanol–water partition coefficient (Wildman–Crippen LogP) is 2.20. The number of hydrogen-bond donors (Lipinski definition) is 1. The first-order valence-corrected chi connectivity index (χ1v) is 6.19. The normalized spacial score (nSPS) is 18.6. The summed E-state index contributed by atoms with van der Waals surface area (Å²) >= 11 is 0. The molecule has 1 fully saturated rings. The van der Waals surface area contributed by atoms with Gasteiger partial charge in [-0.15, -0.1) is 0 Å². The maximum atomic E-state index is 11.0. The Labute approximate surface area is 110 Å². The van der Waals surface area contributed by atoms with Crippen LogP contribution in [-0.4, -0.2) is 29.1 Å². The smallest absolute Gasteiger partial charge is 0.303 e. The molecular weight excluding hydrogens is 248 g/mol. The number of benzene rings is 1. The minimum absolute atomic E-state index is 0.0672. The molecule has 1 aliphatic heterocycles. The Kier molecular flexibility index (Phi) is 3.69. The van der Waals surface area contributed by atoms with Crippen LogP contribution in [-0.2, 0) is 4.79 Å². The number of carboxylic acid groups (broad SMARTS) is 1. The number of anilines is 1. The van der Waals surface area contributed by atoms with E-state index in [9.17, 15) is 14.9 Å². The monoisotopic (exact) mass is 264 g/mol. The van der Waals surface area contributed by atoms with Crippen molar-refractivity contribution < 1.29 is 14.8 Å². The van der Waals surface area contributed by atoms with E-state index < -0.39 is 5.97 Å². The van der Waals surface area contributed by atoms with Crippen molar-refractivity contribution in [1.29, 1.82) is 0 Å². The Morgan fingerprint density at radius 1 is 1.58 bits per heavy atom. The van der Waals surface area contributed by atoms with Gasteiger partial charge in [0, 0.05) is 25.6 Å². The summed E-state index contributed by atoms with van der Waals surface area (Å²) in [5, 5.41) is 19.8. The Morgan fingerprint density at radius 3 is 2.95 bits per heavy atom. The second-order valence-corrected chi connectivity index (χ2v) is 4.95. The van der Waals surface area contributed by atoms with Gasteiger partial charge in [-0.1, -0.05) is 6.07 Å². The second-order valence-electron chi connectivity index (χ2n) is 4.95. The lowest BCUT2D eigenvalue weighted by Crippen LogP contribution is -2.21. The van der Waals surface area contributed by atoms with Crippen LogP contribution in [0.4, 0.5) is 11.4 Å². The molecule has 1 unspecified atom stereocenters. The van der Waals surface area contributed by atoms with Gasteiger partial charge in [0.1, 0.15) is 5.69 Å². The van der Waals surface area contributed by atoms with Crippen molar-refractivity contribution in [3.05, 3.63) is 33.9 Å². The van der Waals surface area contributed by atoms with Crippen LogP contribution < -0.4 is 4.90 Å². The number of carboxylic acids is 1. The molecule has 2 rings (SSSR count). The highest BCUT2D eigenvalue weighted by atomic mass is 16.6. The zero-order valence-corrected chi connectivity index (χ0v) is 10.7. The molecule has 0 bridgehead atoms. The average Bonchev–Trinajstić information content (AvgIpc) is 2.75. The highest BCUT2D eigenvalue weighted by Gasteiger charge is 2.28. The van der Waals surface area contributed by atoms with Crippen molar-refractivity contribution in [2.75, 3.05) is 18.0 Å². The van der Waals surface area contributed by atoms with Crippen LogP contribution in [0.3, 0.4) is 0 Å². The summed E-state index contributed by atoms with van der Waals surface area (Å²) in [7, 11) is 0. The molecule has 1 saturated heterocycles. The first-order valence-electron chi connectivity index (χ1n) is 6.19. The van der Waals surface area contributed by atoms with Gasteiger partial charge in [-0.2, -0.15) is 0 Å². The molecule has 0 aromatic heterocycles. The number of aliphatic carboxylic acids is 1. The highest BCUT2D eigenvalue weighted by molar-refractivity contribution is 5.68. The van der Waals surface area contributed by atoms with Crippen molar-refractivity contribution in [2.45, 2.75) is 19.8 Å². The average molecular weight is 264 g/mol. The van der Waals surface area contributed by atoms with Crippen LogP contribution in [0.1, 0.15) is 18.4 Å². The standard InChI is InChI=1S/C13H16N2O4/c1-9-2-3-11(15(18)19)12(6-9)14-5-4-10(8-14)7-13(16)17/h2-3,6,10H,4-5,7-8H2,1H3,(H,16,17). The molecule has 0 spiro atoms. The van der Waals surface area contributed by atoms with Gasteiger partial charge in [0.25, 0.3) is 5.69 Å². The molecule has 0 aliphatic carbocycles. The molecule has 1 heterocycles. The molecular formula is C13H16N2O4. The fourth-order valence-corrected chi connectivity index (χ4v) is 2.51. The quantitative estimate of drug-likeness (QED) is 0.665. The summed E-state index contributed by atoms with van der Waals surface area (Å²) in [6, 6.07) is 5.02. The lowest BCUT2D eigenvalue weighted by atomic mass is 10.1. The van der Waals surface area contributed by atoms with Gasteiger partial charge in [0.05, 0.1) is 4.92 Å². The Morgan fingerprint density at radius 2 is 2.32 bits per heavy atom. The molecule has 1 aliphatic rings. The zero-order chi connectivity index (χ0) is 14.0. The van der Waals surface area contributed by atoms with E-state index in [1.807, 2.05) is 11.8 Å². The highest BCUT2D eigenvalue weighted by Crippen LogP contribution is 2.33. The van der Waals surface area contributed by atoms with Crippen molar-refractivity contribution in [3.63, 3.8) is 0 Å². The summed E-state index contributed by atoms with van der Waals surface area (Å²) in [5.41, 5.74) is 1.64. The molecule has 1 atom stereocenters. The lowest BCUT2D eigenvalue weighted by molar-refractivity contribution is -0.384. The second kappa shape index (κ2) is 5.26. The van der Waals surface area contributed by atoms with Gasteiger partial charge >= 0.3 is 5.97 Å². The molecule has 6 heteroatoms. The fraction of sp³-hybridized carbons (Fsp3) is 0.462.